The van der Waals surface area contributed by atoms with Gasteiger partial charge in [0.05, 0.1) is 0 Å². The van der Waals surface area contributed by atoms with Crippen molar-refractivity contribution < 1.29 is 0 Å². The fourth-order valence-corrected chi connectivity index (χ4v) is 9.02. The maximum Gasteiger partial charge on any atom is 0.0471 e. The second-order valence-corrected chi connectivity index (χ2v) is 12.1. The monoisotopic (exact) mass is 467 g/mol. The molecule has 5 atom stereocenters. The second-order valence-electron chi connectivity index (χ2n) is 12.1. The van der Waals surface area contributed by atoms with E-state index in [4.69, 9.17) is 0 Å². The summed E-state index contributed by atoms with van der Waals surface area (Å²) in [6.45, 7) is 5.06. The van der Waals surface area contributed by atoms with E-state index in [9.17, 15) is 0 Å². The summed E-state index contributed by atoms with van der Waals surface area (Å²) in [5, 5.41) is 2.66. The van der Waals surface area contributed by atoms with Gasteiger partial charge in [0, 0.05) is 27.2 Å². The number of benzene rings is 4. The van der Waals surface area contributed by atoms with Gasteiger partial charge in [0.1, 0.15) is 0 Å². The van der Waals surface area contributed by atoms with Gasteiger partial charge in [0.15, 0.2) is 0 Å². The predicted molar refractivity (Wildman–Crippen MR) is 151 cm³/mol. The number of hydrogen-bond donors (Lipinski definition) is 1. The lowest BCUT2D eigenvalue weighted by Gasteiger charge is -2.54. The minimum Gasteiger partial charge on any atom is -0.354 e. The van der Waals surface area contributed by atoms with Crippen molar-refractivity contribution in [2.24, 2.45) is 23.7 Å². The molecule has 5 unspecified atom stereocenters. The van der Waals surface area contributed by atoms with Crippen LogP contribution in [-0.2, 0) is 5.41 Å². The number of nitrogens with one attached hydrogen (secondary N) is 1. The van der Waals surface area contributed by atoms with E-state index in [1.807, 2.05) is 0 Å². The Morgan fingerprint density at radius 2 is 1.44 bits per heavy atom. The van der Waals surface area contributed by atoms with Crippen molar-refractivity contribution in [3.8, 4) is 22.3 Å². The van der Waals surface area contributed by atoms with E-state index in [1.54, 1.807) is 11.1 Å². The summed E-state index contributed by atoms with van der Waals surface area (Å²) in [6, 6.07) is 32.3. The third kappa shape index (κ3) is 2.61. The van der Waals surface area contributed by atoms with E-state index in [0.717, 1.165) is 17.8 Å². The Bertz CT molecular complexity index is 1650. The van der Waals surface area contributed by atoms with E-state index < -0.39 is 0 Å². The number of fused-ring (bicyclic) bond motifs is 11. The summed E-state index contributed by atoms with van der Waals surface area (Å²) < 4.78 is 0. The van der Waals surface area contributed by atoms with Gasteiger partial charge >= 0.3 is 0 Å². The summed E-state index contributed by atoms with van der Waals surface area (Å²) in [6.07, 6.45) is 5.53. The highest BCUT2D eigenvalue weighted by Crippen LogP contribution is 2.64. The number of rotatable bonds is 1. The van der Waals surface area contributed by atoms with Gasteiger partial charge in [-0.2, -0.15) is 0 Å². The molecule has 4 aromatic carbocycles. The Labute approximate surface area is 213 Å². The fourth-order valence-electron chi connectivity index (χ4n) is 9.02. The molecule has 36 heavy (non-hydrogen) atoms. The quantitative estimate of drug-likeness (QED) is 0.253. The van der Waals surface area contributed by atoms with Crippen LogP contribution in [0, 0.1) is 23.7 Å². The van der Waals surface area contributed by atoms with Gasteiger partial charge in [-0.05, 0) is 101 Å². The highest BCUT2D eigenvalue weighted by atomic mass is 14.7. The van der Waals surface area contributed by atoms with E-state index in [-0.39, 0.29) is 5.41 Å². The van der Waals surface area contributed by atoms with Crippen LogP contribution in [0.5, 0.6) is 0 Å². The summed E-state index contributed by atoms with van der Waals surface area (Å²) in [5.41, 5.74) is 11.4. The van der Waals surface area contributed by atoms with Crippen LogP contribution in [0.25, 0.3) is 44.1 Å². The Hall–Kier alpha value is -3.32. The molecule has 1 heterocycles. The first-order chi connectivity index (χ1) is 17.6. The molecule has 2 saturated carbocycles. The summed E-state index contributed by atoms with van der Waals surface area (Å²) in [4.78, 5) is 3.65. The Kier molecular flexibility index (Phi) is 4.25. The zero-order valence-corrected chi connectivity index (χ0v) is 21.2. The van der Waals surface area contributed by atoms with E-state index in [2.05, 4.69) is 104 Å². The van der Waals surface area contributed by atoms with Gasteiger partial charge in [0.2, 0.25) is 0 Å². The molecule has 2 bridgehead atoms. The average molecular weight is 468 g/mol. The fraction of sp³-hybridized carbons (Fsp3) is 0.314. The van der Waals surface area contributed by atoms with Crippen LogP contribution in [0.3, 0.4) is 0 Å². The van der Waals surface area contributed by atoms with Crippen molar-refractivity contribution in [2.75, 3.05) is 0 Å². The van der Waals surface area contributed by atoms with Gasteiger partial charge in [-0.3, -0.25) is 0 Å². The largest absolute Gasteiger partial charge is 0.354 e. The Balaban J connectivity index is 1.40. The molecule has 1 heteroatoms. The zero-order chi connectivity index (χ0) is 24.0. The van der Waals surface area contributed by atoms with Crippen molar-refractivity contribution in [2.45, 2.75) is 44.9 Å². The maximum absolute atomic E-state index is 3.65. The van der Waals surface area contributed by atoms with E-state index >= 15 is 0 Å². The van der Waals surface area contributed by atoms with Gasteiger partial charge < -0.3 is 4.98 Å². The SMILES string of the molecule is CC1CC2CC(C)C3(c4ccccc4-c4ccc(-c5cccc6[nH]c7ccccc7c56)cc43)C(C1)C2. The van der Waals surface area contributed by atoms with Crippen LogP contribution in [0.4, 0.5) is 0 Å². The minimum absolute atomic E-state index is 0.140. The van der Waals surface area contributed by atoms with Gasteiger partial charge in [0.25, 0.3) is 0 Å². The van der Waals surface area contributed by atoms with Crippen molar-refractivity contribution in [1.29, 1.82) is 0 Å². The lowest BCUT2D eigenvalue weighted by atomic mass is 9.49. The van der Waals surface area contributed by atoms with Crippen molar-refractivity contribution in [3.05, 3.63) is 96.1 Å². The van der Waals surface area contributed by atoms with Crippen LogP contribution in [-0.4, -0.2) is 4.98 Å². The van der Waals surface area contributed by atoms with Crippen LogP contribution < -0.4 is 0 Å². The molecule has 5 aromatic rings. The highest BCUT2D eigenvalue weighted by Gasteiger charge is 2.56. The molecule has 0 aliphatic heterocycles. The Morgan fingerprint density at radius 3 is 2.39 bits per heavy atom. The smallest absolute Gasteiger partial charge is 0.0471 e. The van der Waals surface area contributed by atoms with E-state index in [1.165, 1.54) is 69.7 Å². The number of H-pyrrole nitrogens is 1. The molecule has 1 aromatic heterocycles. The molecule has 1 nitrogen and oxygen atoms in total. The molecule has 2 fully saturated rings. The van der Waals surface area contributed by atoms with E-state index in [0.29, 0.717) is 5.92 Å². The molecule has 3 aliphatic rings. The average Bonchev–Trinajstić information content (AvgIpc) is 3.41. The predicted octanol–water partition coefficient (Wildman–Crippen LogP) is 9.35. The molecule has 0 amide bonds. The van der Waals surface area contributed by atoms with Crippen LogP contribution in [0.15, 0.2) is 84.9 Å². The first-order valence-electron chi connectivity index (χ1n) is 13.9. The third-order valence-corrected chi connectivity index (χ3v) is 10.1. The number of hydrogen-bond acceptors (Lipinski definition) is 0. The first-order valence-corrected chi connectivity index (χ1v) is 13.9. The third-order valence-electron chi connectivity index (χ3n) is 10.1. The first kappa shape index (κ1) is 20.8. The molecule has 3 aliphatic carbocycles. The summed E-state index contributed by atoms with van der Waals surface area (Å²) in [7, 11) is 0. The number of aromatic nitrogens is 1. The van der Waals surface area contributed by atoms with Gasteiger partial charge in [-0.1, -0.05) is 80.6 Å². The molecule has 0 radical (unpaired) electrons. The molecular weight excluding hydrogens is 434 g/mol. The minimum atomic E-state index is 0.140. The Morgan fingerprint density at radius 1 is 0.667 bits per heavy atom. The van der Waals surface area contributed by atoms with Gasteiger partial charge in [-0.25, -0.2) is 0 Å². The highest BCUT2D eigenvalue weighted by molar-refractivity contribution is 6.14. The molecule has 8 rings (SSSR count). The summed E-state index contributed by atoms with van der Waals surface area (Å²) in [5.74, 6) is 3.13. The standard InChI is InChI=1S/C35H33N/c1-21-16-23-18-22(2)35(25(17-21)19-23)30-11-5-3-8-27(30)28-15-14-24(20-31(28)35)26-10-7-13-33-34(26)29-9-4-6-12-32(29)36-33/h3-15,20-23,25,36H,16-19H2,1-2H3. The van der Waals surface area contributed by atoms with Crippen LogP contribution in [0.2, 0.25) is 0 Å². The van der Waals surface area contributed by atoms with Crippen LogP contribution >= 0.6 is 0 Å². The lowest BCUT2D eigenvalue weighted by molar-refractivity contribution is 0.0426. The maximum atomic E-state index is 3.65. The molecular formula is C35H33N. The molecule has 1 spiro atoms. The number of para-hydroxylation sites is 1. The second kappa shape index (κ2) is 7.35. The topological polar surface area (TPSA) is 15.8 Å². The number of aromatic amines is 1. The molecule has 0 saturated heterocycles. The van der Waals surface area contributed by atoms with Crippen molar-refractivity contribution in [3.63, 3.8) is 0 Å². The zero-order valence-electron chi connectivity index (χ0n) is 21.2. The molecule has 178 valence electrons. The van der Waals surface area contributed by atoms with Crippen LogP contribution in [0.1, 0.15) is 50.7 Å². The lowest BCUT2D eigenvalue weighted by Crippen LogP contribution is -2.49. The van der Waals surface area contributed by atoms with Gasteiger partial charge in [-0.15, -0.1) is 0 Å². The van der Waals surface area contributed by atoms with Crippen molar-refractivity contribution >= 4 is 21.8 Å². The summed E-state index contributed by atoms with van der Waals surface area (Å²) >= 11 is 0. The normalized spacial score (nSPS) is 28.5. The molecule has 1 N–H and O–H groups in total. The van der Waals surface area contributed by atoms with Crippen molar-refractivity contribution in [1.82, 2.24) is 4.98 Å².